The number of hydrogen-bond donors (Lipinski definition) is 1. The van der Waals surface area contributed by atoms with E-state index in [1.165, 1.54) is 46.5 Å². The number of nitrogens with one attached hydrogen (secondary N) is 1. The van der Waals surface area contributed by atoms with Crippen LogP contribution in [0.3, 0.4) is 0 Å². The molecule has 1 aromatic heterocycles. The molecule has 0 saturated carbocycles. The molecular formula is C33H29F3N2O2. The largest absolute Gasteiger partial charge is 0.573 e. The van der Waals surface area contributed by atoms with Gasteiger partial charge in [-0.1, -0.05) is 60.7 Å². The smallest absolute Gasteiger partial charge is 0.406 e. The average molecular weight is 543 g/mol. The van der Waals surface area contributed by atoms with E-state index in [4.69, 9.17) is 0 Å². The molecule has 7 heteroatoms. The van der Waals surface area contributed by atoms with Crippen LogP contribution in [-0.4, -0.2) is 16.8 Å². The minimum Gasteiger partial charge on any atom is -0.406 e. The molecule has 4 nitrogen and oxygen atoms in total. The first kappa shape index (κ1) is 27.1. The summed E-state index contributed by atoms with van der Waals surface area (Å²) < 4.78 is 43.2. The van der Waals surface area contributed by atoms with E-state index in [-0.39, 0.29) is 18.2 Å². The number of benzene rings is 4. The molecule has 0 aliphatic carbocycles. The Morgan fingerprint density at radius 2 is 1.52 bits per heavy atom. The molecular weight excluding hydrogens is 513 g/mol. The summed E-state index contributed by atoms with van der Waals surface area (Å²) >= 11 is 0. The highest BCUT2D eigenvalue weighted by Crippen LogP contribution is 2.29. The Labute approximate surface area is 231 Å². The lowest BCUT2D eigenvalue weighted by molar-refractivity contribution is -0.274. The minimum absolute atomic E-state index is 0.181. The summed E-state index contributed by atoms with van der Waals surface area (Å²) in [4.78, 5) is 12.9. The first-order valence-electron chi connectivity index (χ1n) is 13.0. The molecule has 0 unspecified atom stereocenters. The quantitative estimate of drug-likeness (QED) is 0.226. The van der Waals surface area contributed by atoms with Crippen molar-refractivity contribution in [3.05, 3.63) is 125 Å². The van der Waals surface area contributed by atoms with Gasteiger partial charge in [-0.25, -0.2) is 0 Å². The second-order valence-corrected chi connectivity index (χ2v) is 9.91. The number of alkyl halides is 3. The van der Waals surface area contributed by atoms with Crippen molar-refractivity contribution in [3.63, 3.8) is 0 Å². The van der Waals surface area contributed by atoms with Gasteiger partial charge in [-0.3, -0.25) is 4.79 Å². The van der Waals surface area contributed by atoms with Crippen molar-refractivity contribution in [1.29, 1.82) is 0 Å². The van der Waals surface area contributed by atoms with E-state index in [1.807, 2.05) is 18.2 Å². The average Bonchev–Trinajstić information content (AvgIpc) is 3.16. The molecule has 4 aromatic carbocycles. The summed E-state index contributed by atoms with van der Waals surface area (Å²) in [6, 6.07) is 28.1. The van der Waals surface area contributed by atoms with Crippen molar-refractivity contribution >= 4 is 16.8 Å². The van der Waals surface area contributed by atoms with Gasteiger partial charge in [0, 0.05) is 35.2 Å². The fourth-order valence-electron chi connectivity index (χ4n) is 4.96. The standard InChI is InChI=1S/C33H29F3N2O2/c1-21-6-4-5-7-29(21)26-12-8-25(9-13-26)20-38-23(3)22(2)30-18-27(14-17-31(30)38)32(39)37-19-24-10-15-28(16-11-24)40-33(34,35)36/h4-18H,19-20H2,1-3H3,(H,37,39). The van der Waals surface area contributed by atoms with Crippen LogP contribution < -0.4 is 10.1 Å². The third-order valence-electron chi connectivity index (χ3n) is 7.26. The summed E-state index contributed by atoms with van der Waals surface area (Å²) in [5, 5.41) is 3.85. The molecule has 0 radical (unpaired) electrons. The van der Waals surface area contributed by atoms with Gasteiger partial charge >= 0.3 is 6.36 Å². The van der Waals surface area contributed by atoms with E-state index in [9.17, 15) is 18.0 Å². The lowest BCUT2D eigenvalue weighted by Gasteiger charge is -2.11. The molecule has 5 rings (SSSR count). The number of fused-ring (bicyclic) bond motifs is 1. The molecule has 0 spiro atoms. The van der Waals surface area contributed by atoms with Gasteiger partial charge in [0.15, 0.2) is 0 Å². The lowest BCUT2D eigenvalue weighted by Crippen LogP contribution is -2.22. The number of ether oxygens (including phenoxy) is 1. The maximum atomic E-state index is 12.9. The summed E-state index contributed by atoms with van der Waals surface area (Å²) in [6.07, 6.45) is -4.74. The Bertz CT molecular complexity index is 1670. The number of nitrogens with zero attached hydrogens (tertiary/aromatic N) is 1. The molecule has 0 aliphatic rings. The van der Waals surface area contributed by atoms with Crippen LogP contribution in [0.4, 0.5) is 13.2 Å². The summed E-state index contributed by atoms with van der Waals surface area (Å²) in [5.74, 6) is -0.556. The van der Waals surface area contributed by atoms with Crippen LogP contribution in [-0.2, 0) is 13.1 Å². The molecule has 1 N–H and O–H groups in total. The van der Waals surface area contributed by atoms with Gasteiger partial charge < -0.3 is 14.6 Å². The minimum atomic E-state index is -4.74. The Kier molecular flexibility index (Phi) is 7.39. The molecule has 40 heavy (non-hydrogen) atoms. The highest BCUT2D eigenvalue weighted by atomic mass is 19.4. The van der Waals surface area contributed by atoms with Gasteiger partial charge in [0.25, 0.3) is 5.91 Å². The van der Waals surface area contributed by atoms with Crippen molar-refractivity contribution in [2.75, 3.05) is 0 Å². The van der Waals surface area contributed by atoms with E-state index < -0.39 is 6.36 Å². The summed E-state index contributed by atoms with van der Waals surface area (Å²) in [6.45, 7) is 7.15. The van der Waals surface area contributed by atoms with E-state index in [1.54, 1.807) is 6.07 Å². The predicted molar refractivity (Wildman–Crippen MR) is 151 cm³/mol. The van der Waals surface area contributed by atoms with Crippen molar-refractivity contribution in [3.8, 4) is 16.9 Å². The number of carbonyl (C=O) groups excluding carboxylic acids is 1. The van der Waals surface area contributed by atoms with Gasteiger partial charge in [-0.15, -0.1) is 13.2 Å². The monoisotopic (exact) mass is 542 g/mol. The molecule has 0 saturated heterocycles. The molecule has 204 valence electrons. The van der Waals surface area contributed by atoms with Gasteiger partial charge in [-0.2, -0.15) is 0 Å². The zero-order valence-electron chi connectivity index (χ0n) is 22.5. The van der Waals surface area contributed by atoms with Crippen molar-refractivity contribution in [2.45, 2.75) is 40.2 Å². The van der Waals surface area contributed by atoms with Crippen molar-refractivity contribution in [2.24, 2.45) is 0 Å². The van der Waals surface area contributed by atoms with E-state index >= 15 is 0 Å². The zero-order valence-corrected chi connectivity index (χ0v) is 22.5. The molecule has 1 amide bonds. The van der Waals surface area contributed by atoms with Crippen molar-refractivity contribution < 1.29 is 22.7 Å². The number of aryl methyl sites for hydroxylation is 2. The first-order valence-corrected chi connectivity index (χ1v) is 13.0. The maximum Gasteiger partial charge on any atom is 0.573 e. The number of amides is 1. The van der Waals surface area contributed by atoms with Crippen LogP contribution in [0.1, 0.15) is 38.3 Å². The summed E-state index contributed by atoms with van der Waals surface area (Å²) in [5.41, 5.74) is 9.33. The number of halogens is 3. The topological polar surface area (TPSA) is 43.3 Å². The Morgan fingerprint density at radius 3 is 2.20 bits per heavy atom. The fourth-order valence-corrected chi connectivity index (χ4v) is 4.96. The number of rotatable bonds is 7. The Morgan fingerprint density at radius 1 is 0.850 bits per heavy atom. The van der Waals surface area contributed by atoms with Crippen LogP contribution in [0, 0.1) is 20.8 Å². The zero-order chi connectivity index (χ0) is 28.4. The van der Waals surface area contributed by atoms with Gasteiger partial charge in [0.1, 0.15) is 5.75 Å². The molecule has 1 heterocycles. The van der Waals surface area contributed by atoms with E-state index in [2.05, 4.69) is 77.9 Å². The number of aromatic nitrogens is 1. The normalized spacial score (nSPS) is 11.6. The molecule has 0 fully saturated rings. The molecule has 0 aliphatic heterocycles. The highest BCUT2D eigenvalue weighted by molar-refractivity contribution is 5.99. The summed E-state index contributed by atoms with van der Waals surface area (Å²) in [7, 11) is 0. The van der Waals surface area contributed by atoms with Gasteiger partial charge in [-0.05, 0) is 84.5 Å². The first-order chi connectivity index (χ1) is 19.1. The highest BCUT2D eigenvalue weighted by Gasteiger charge is 2.31. The third kappa shape index (κ3) is 5.88. The van der Waals surface area contributed by atoms with E-state index in [0.717, 1.165) is 22.2 Å². The van der Waals surface area contributed by atoms with Crippen LogP contribution >= 0.6 is 0 Å². The van der Waals surface area contributed by atoms with Gasteiger partial charge in [0.05, 0.1) is 0 Å². The van der Waals surface area contributed by atoms with Gasteiger partial charge in [0.2, 0.25) is 0 Å². The SMILES string of the molecule is Cc1ccccc1-c1ccc(Cn2c(C)c(C)c3cc(C(=O)NCc4ccc(OC(F)(F)F)cc4)ccc32)cc1. The van der Waals surface area contributed by atoms with Crippen molar-refractivity contribution in [1.82, 2.24) is 9.88 Å². The Hall–Kier alpha value is -4.52. The fraction of sp³-hybridized carbons (Fsp3) is 0.182. The van der Waals surface area contributed by atoms with Crippen LogP contribution in [0.25, 0.3) is 22.0 Å². The van der Waals surface area contributed by atoms with Crippen LogP contribution in [0.5, 0.6) is 5.75 Å². The predicted octanol–water partition coefficient (Wildman–Crippen LogP) is 8.11. The molecule has 5 aromatic rings. The molecule has 0 bridgehead atoms. The maximum absolute atomic E-state index is 12.9. The van der Waals surface area contributed by atoms with E-state index in [0.29, 0.717) is 17.7 Å². The second-order valence-electron chi connectivity index (χ2n) is 9.91. The molecule has 0 atom stereocenters. The Balaban J connectivity index is 1.30. The number of carbonyl (C=O) groups is 1. The van der Waals surface area contributed by atoms with Crippen LogP contribution in [0.2, 0.25) is 0 Å². The second kappa shape index (κ2) is 10.9. The third-order valence-corrected chi connectivity index (χ3v) is 7.26. The number of hydrogen-bond acceptors (Lipinski definition) is 2. The lowest BCUT2D eigenvalue weighted by atomic mass is 9.99. The van der Waals surface area contributed by atoms with Crippen LogP contribution in [0.15, 0.2) is 91.0 Å².